The maximum Gasteiger partial charge on any atom is 0.260 e. The van der Waals surface area contributed by atoms with Gasteiger partial charge >= 0.3 is 0 Å². The second-order valence-electron chi connectivity index (χ2n) is 6.23. The van der Waals surface area contributed by atoms with Crippen molar-refractivity contribution < 1.29 is 26.7 Å². The normalized spacial score (nSPS) is 15.0. The second-order valence-corrected chi connectivity index (χ2v) is 8.11. The van der Waals surface area contributed by atoms with E-state index >= 15 is 0 Å². The molecule has 0 N–H and O–H groups in total. The van der Waals surface area contributed by atoms with E-state index in [1.165, 1.54) is 4.90 Å². The Morgan fingerprint density at radius 2 is 1.66 bits per heavy atom. The third-order valence-corrected chi connectivity index (χ3v) is 6.42. The number of ether oxygens (including phenoxy) is 1. The quantitative estimate of drug-likeness (QED) is 0.734. The van der Waals surface area contributed by atoms with Crippen LogP contribution in [0.25, 0.3) is 0 Å². The van der Waals surface area contributed by atoms with Crippen LogP contribution in [0.15, 0.2) is 47.4 Å². The van der Waals surface area contributed by atoms with Crippen molar-refractivity contribution in [2.24, 2.45) is 0 Å². The molecule has 0 radical (unpaired) electrons. The van der Waals surface area contributed by atoms with E-state index < -0.39 is 26.6 Å². The zero-order valence-corrected chi connectivity index (χ0v) is 16.0. The maximum absolute atomic E-state index is 13.9. The number of amides is 1. The summed E-state index contributed by atoms with van der Waals surface area (Å²) in [7, 11) is -4.36. The van der Waals surface area contributed by atoms with Crippen molar-refractivity contribution >= 4 is 15.9 Å². The molecule has 0 bridgehead atoms. The largest absolute Gasteiger partial charge is 0.482 e. The van der Waals surface area contributed by atoms with E-state index in [1.54, 1.807) is 24.3 Å². The lowest BCUT2D eigenvalue weighted by Crippen LogP contribution is -2.51. The molecular weight excluding hydrogens is 404 g/mol. The van der Waals surface area contributed by atoms with Gasteiger partial charge in [0.2, 0.25) is 10.0 Å². The van der Waals surface area contributed by atoms with Gasteiger partial charge in [0.05, 0.1) is 5.56 Å². The van der Waals surface area contributed by atoms with Crippen molar-refractivity contribution in [3.63, 3.8) is 0 Å². The molecule has 2 aromatic rings. The molecule has 1 amide bonds. The number of para-hydroxylation sites is 1. The lowest BCUT2D eigenvalue weighted by Gasteiger charge is -2.34. The van der Waals surface area contributed by atoms with Crippen molar-refractivity contribution in [3.05, 3.63) is 59.7 Å². The molecule has 0 aliphatic carbocycles. The standard InChI is InChI=1S/C19H17F2N3O4S/c20-15-5-3-6-16(21)19(15)29(26,27)24-10-8-23(9-11-24)18(25)13-28-17-7-2-1-4-14(17)12-22/h1-7H,8-11,13H2. The molecule has 0 spiro atoms. The first kappa shape index (κ1) is 20.7. The molecule has 1 aliphatic rings. The van der Waals surface area contributed by atoms with Gasteiger partial charge in [-0.25, -0.2) is 17.2 Å². The molecule has 0 atom stereocenters. The van der Waals surface area contributed by atoms with Gasteiger partial charge in [-0.2, -0.15) is 9.57 Å². The number of sulfonamides is 1. The zero-order chi connectivity index (χ0) is 21.0. The molecule has 0 saturated carbocycles. The number of hydrogen-bond acceptors (Lipinski definition) is 5. The Morgan fingerprint density at radius 3 is 2.28 bits per heavy atom. The Kier molecular flexibility index (Phi) is 6.10. The summed E-state index contributed by atoms with van der Waals surface area (Å²) in [6.45, 7) is -0.407. The average Bonchev–Trinajstić information content (AvgIpc) is 2.72. The predicted octanol–water partition coefficient (Wildman–Crippen LogP) is 1.75. The van der Waals surface area contributed by atoms with E-state index in [4.69, 9.17) is 10.00 Å². The maximum atomic E-state index is 13.9. The van der Waals surface area contributed by atoms with Gasteiger partial charge in [-0.05, 0) is 24.3 Å². The molecule has 0 aromatic heterocycles. The summed E-state index contributed by atoms with van der Waals surface area (Å²) in [5.74, 6) is -2.42. The van der Waals surface area contributed by atoms with Gasteiger partial charge in [-0.3, -0.25) is 4.79 Å². The fourth-order valence-corrected chi connectivity index (χ4v) is 4.48. The minimum absolute atomic E-state index is 0.0530. The number of carbonyl (C=O) groups is 1. The molecule has 152 valence electrons. The first-order valence-electron chi connectivity index (χ1n) is 8.68. The number of hydrogen-bond donors (Lipinski definition) is 0. The Labute approximate surface area is 166 Å². The monoisotopic (exact) mass is 421 g/mol. The first-order valence-corrected chi connectivity index (χ1v) is 10.1. The molecule has 1 aliphatic heterocycles. The van der Waals surface area contributed by atoms with Crippen LogP contribution in [0.4, 0.5) is 8.78 Å². The highest BCUT2D eigenvalue weighted by Gasteiger charge is 2.34. The van der Waals surface area contributed by atoms with Crippen molar-refractivity contribution in [1.82, 2.24) is 9.21 Å². The summed E-state index contributed by atoms with van der Waals surface area (Å²) in [6, 6.07) is 11.3. The fourth-order valence-electron chi connectivity index (χ4n) is 2.95. The summed E-state index contributed by atoms with van der Waals surface area (Å²) in [4.78, 5) is 12.7. The molecule has 2 aromatic carbocycles. The molecule has 29 heavy (non-hydrogen) atoms. The third kappa shape index (κ3) is 4.36. The molecule has 0 unspecified atom stereocenters. The van der Waals surface area contributed by atoms with Crippen LogP contribution in [0.5, 0.6) is 5.75 Å². The highest BCUT2D eigenvalue weighted by molar-refractivity contribution is 7.89. The summed E-state index contributed by atoms with van der Waals surface area (Å²) in [6.07, 6.45) is 0. The van der Waals surface area contributed by atoms with Crippen LogP contribution >= 0.6 is 0 Å². The number of benzene rings is 2. The lowest BCUT2D eigenvalue weighted by atomic mass is 10.2. The highest BCUT2D eigenvalue weighted by atomic mass is 32.2. The summed E-state index contributed by atoms with van der Waals surface area (Å²) in [5, 5.41) is 9.03. The lowest BCUT2D eigenvalue weighted by molar-refractivity contribution is -0.134. The average molecular weight is 421 g/mol. The van der Waals surface area contributed by atoms with Crippen LogP contribution in [-0.4, -0.2) is 56.3 Å². The minimum Gasteiger partial charge on any atom is -0.482 e. The molecule has 1 heterocycles. The van der Waals surface area contributed by atoms with Gasteiger partial charge < -0.3 is 9.64 Å². The van der Waals surface area contributed by atoms with Crippen LogP contribution in [0.1, 0.15) is 5.56 Å². The van der Waals surface area contributed by atoms with Crippen molar-refractivity contribution in [2.45, 2.75) is 4.90 Å². The Hall–Kier alpha value is -3.03. The van der Waals surface area contributed by atoms with Crippen molar-refractivity contribution in [3.8, 4) is 11.8 Å². The third-order valence-electron chi connectivity index (χ3n) is 4.47. The van der Waals surface area contributed by atoms with Crippen molar-refractivity contribution in [2.75, 3.05) is 32.8 Å². The number of nitrogens with zero attached hydrogens (tertiary/aromatic N) is 3. The van der Waals surface area contributed by atoms with Gasteiger partial charge in [-0.15, -0.1) is 0 Å². The molecule has 7 nitrogen and oxygen atoms in total. The second kappa shape index (κ2) is 8.55. The predicted molar refractivity (Wildman–Crippen MR) is 98.3 cm³/mol. The van der Waals surface area contributed by atoms with E-state index in [0.29, 0.717) is 5.56 Å². The molecular formula is C19H17F2N3O4S. The van der Waals surface area contributed by atoms with Crippen LogP contribution in [0, 0.1) is 23.0 Å². The number of halogens is 2. The van der Waals surface area contributed by atoms with Crippen LogP contribution < -0.4 is 4.74 Å². The fraction of sp³-hybridized carbons (Fsp3) is 0.263. The van der Waals surface area contributed by atoms with Gasteiger partial charge in [-0.1, -0.05) is 18.2 Å². The van der Waals surface area contributed by atoms with Gasteiger partial charge in [0, 0.05) is 26.2 Å². The van der Waals surface area contributed by atoms with E-state index in [1.807, 2.05) is 6.07 Å². The van der Waals surface area contributed by atoms with Crippen LogP contribution in [-0.2, 0) is 14.8 Å². The van der Waals surface area contributed by atoms with E-state index in [-0.39, 0.29) is 44.4 Å². The molecule has 10 heteroatoms. The molecule has 1 saturated heterocycles. The van der Waals surface area contributed by atoms with Gasteiger partial charge in [0.1, 0.15) is 23.5 Å². The van der Waals surface area contributed by atoms with E-state index in [2.05, 4.69) is 0 Å². The Balaban J connectivity index is 1.61. The number of rotatable bonds is 5. The number of nitriles is 1. The SMILES string of the molecule is N#Cc1ccccc1OCC(=O)N1CCN(S(=O)(=O)c2c(F)cccc2F)CC1. The number of piperazine rings is 1. The van der Waals surface area contributed by atoms with Crippen molar-refractivity contribution in [1.29, 1.82) is 5.26 Å². The summed E-state index contributed by atoms with van der Waals surface area (Å²) in [5.41, 5.74) is 0.295. The summed E-state index contributed by atoms with van der Waals surface area (Å²) < 4.78 is 59.2. The number of carbonyl (C=O) groups excluding carboxylic acids is 1. The van der Waals surface area contributed by atoms with Gasteiger partial charge in [0.15, 0.2) is 11.5 Å². The summed E-state index contributed by atoms with van der Waals surface area (Å²) >= 11 is 0. The topological polar surface area (TPSA) is 90.7 Å². The van der Waals surface area contributed by atoms with Crippen LogP contribution in [0.3, 0.4) is 0 Å². The minimum atomic E-state index is -4.36. The van der Waals surface area contributed by atoms with Gasteiger partial charge in [0.25, 0.3) is 5.91 Å². The zero-order valence-electron chi connectivity index (χ0n) is 15.2. The van der Waals surface area contributed by atoms with Crippen LogP contribution in [0.2, 0.25) is 0 Å². The molecule has 3 rings (SSSR count). The smallest absolute Gasteiger partial charge is 0.260 e. The first-order chi connectivity index (χ1) is 13.8. The Bertz CT molecular complexity index is 1040. The molecule has 1 fully saturated rings. The van der Waals surface area contributed by atoms with E-state index in [9.17, 15) is 22.0 Å². The highest BCUT2D eigenvalue weighted by Crippen LogP contribution is 2.23. The van der Waals surface area contributed by atoms with E-state index in [0.717, 1.165) is 22.5 Å². The Morgan fingerprint density at radius 1 is 1.03 bits per heavy atom.